The molecule has 2 aromatic rings. The Kier molecular flexibility index (Phi) is 7.77. The highest BCUT2D eigenvalue weighted by atomic mass is 16.4. The van der Waals surface area contributed by atoms with E-state index >= 15 is 0 Å². The van der Waals surface area contributed by atoms with Gasteiger partial charge in [-0.05, 0) is 70.0 Å². The number of fused-ring (bicyclic) bond motifs is 3. The number of likely N-dealkylation sites (N-methyl/N-ethyl adjacent to an activating group) is 1. The zero-order valence-electron chi connectivity index (χ0n) is 25.5. The molecular weight excluding hydrogens is 570 g/mol. The summed E-state index contributed by atoms with van der Waals surface area (Å²) in [6.45, 7) is 4.40. The number of Topliss-reactive ketones (excluding diaryl/α,β-unsaturated/α-hetero) is 2. The first-order valence-electron chi connectivity index (χ1n) is 14.2. The first-order valence-corrected chi connectivity index (χ1v) is 14.2. The van der Waals surface area contributed by atoms with E-state index in [4.69, 9.17) is 9.95 Å². The van der Waals surface area contributed by atoms with Gasteiger partial charge in [-0.3, -0.25) is 19.3 Å². The van der Waals surface area contributed by atoms with Gasteiger partial charge in [0, 0.05) is 43.4 Å². The van der Waals surface area contributed by atoms with Gasteiger partial charge in [-0.1, -0.05) is 0 Å². The van der Waals surface area contributed by atoms with Gasteiger partial charge in [0.25, 0.3) is 0 Å². The fourth-order valence-electron chi connectivity index (χ4n) is 6.96. The summed E-state index contributed by atoms with van der Waals surface area (Å²) in [5, 5.41) is 52.0. The number of hydrogen-bond donors (Lipinski definition) is 6. The number of aromatic hydroxyl groups is 1. The summed E-state index contributed by atoms with van der Waals surface area (Å²) in [6.07, 6.45) is 0.192. The third-order valence-corrected chi connectivity index (χ3v) is 9.16. The van der Waals surface area contributed by atoms with Crippen molar-refractivity contribution in [1.29, 1.82) is 5.53 Å². The van der Waals surface area contributed by atoms with Crippen LogP contribution in [0.1, 0.15) is 40.2 Å². The monoisotopic (exact) mass is 607 g/mol. The molecule has 234 valence electrons. The second-order valence-electron chi connectivity index (χ2n) is 12.2. The largest absolute Gasteiger partial charge is 0.508 e. The number of anilines is 1. The Bertz CT molecular complexity index is 1650. The van der Waals surface area contributed by atoms with Gasteiger partial charge >= 0.3 is 5.91 Å². The standard InChI is InChI=1S/C31H37N5O8/c1-13-7-17(44-14(13)2)12-33-11-16-10-20(35(3)4)18-8-15-9-19-24(36(5)6)27(39)23(30(42)34-32)29(41)31(19,43)28(40)21(15)26(38)22(18)25(16)37/h7,10,15,19,24,32-33,37-38,41,43H,8-9,11-12H2,1-6H3/t15-,19-,24-,31-/m0/s1. The summed E-state index contributed by atoms with van der Waals surface area (Å²) in [6, 6.07) is 2.54. The molecule has 0 unspecified atom stereocenters. The van der Waals surface area contributed by atoms with Gasteiger partial charge < -0.3 is 35.1 Å². The highest BCUT2D eigenvalue weighted by Crippen LogP contribution is 2.54. The minimum absolute atomic E-state index is 0.00186. The Morgan fingerprint density at radius 1 is 1.14 bits per heavy atom. The number of nitrogens with zero attached hydrogens (tertiary/aromatic N) is 3. The molecule has 13 nitrogen and oxygen atoms in total. The summed E-state index contributed by atoms with van der Waals surface area (Å²) in [5.41, 5.74) is 6.02. The molecule has 0 bridgehead atoms. The molecule has 1 aromatic carbocycles. The lowest BCUT2D eigenvalue weighted by Crippen LogP contribution is -2.65. The van der Waals surface area contributed by atoms with E-state index in [9.17, 15) is 34.8 Å². The first kappa shape index (κ1) is 31.1. The molecule has 13 heteroatoms. The smallest absolute Gasteiger partial charge is 0.302 e. The maximum absolute atomic E-state index is 14.2. The quantitative estimate of drug-likeness (QED) is 0.200. The molecule has 1 saturated carbocycles. The number of aliphatic hydroxyl groups is 3. The second-order valence-corrected chi connectivity index (χ2v) is 12.2. The Morgan fingerprint density at radius 2 is 1.82 bits per heavy atom. The van der Waals surface area contributed by atoms with Gasteiger partial charge in [0.15, 0.2) is 11.4 Å². The minimum atomic E-state index is -2.74. The number of carbonyl (C=O) groups is 3. The van der Waals surface area contributed by atoms with Crippen LogP contribution in [-0.2, 0) is 33.9 Å². The van der Waals surface area contributed by atoms with E-state index in [2.05, 4.69) is 10.4 Å². The zero-order valence-corrected chi connectivity index (χ0v) is 25.5. The Morgan fingerprint density at radius 3 is 2.39 bits per heavy atom. The minimum Gasteiger partial charge on any atom is -0.508 e. The molecular formula is C31H37N5O8. The number of rotatable bonds is 7. The van der Waals surface area contributed by atoms with Gasteiger partial charge in [0.2, 0.25) is 5.78 Å². The van der Waals surface area contributed by atoms with E-state index in [0.29, 0.717) is 23.4 Å². The van der Waals surface area contributed by atoms with E-state index in [1.54, 1.807) is 14.1 Å². The van der Waals surface area contributed by atoms with Crippen LogP contribution in [0.15, 0.2) is 38.6 Å². The summed E-state index contributed by atoms with van der Waals surface area (Å²) >= 11 is 0. The molecule has 3 aliphatic carbocycles. The lowest BCUT2D eigenvalue weighted by Gasteiger charge is -2.50. The summed E-state index contributed by atoms with van der Waals surface area (Å²) in [7, 11) is 6.72. The van der Waals surface area contributed by atoms with Crippen molar-refractivity contribution in [1.82, 2.24) is 10.2 Å². The van der Waals surface area contributed by atoms with Crippen molar-refractivity contribution in [2.75, 3.05) is 33.1 Å². The van der Waals surface area contributed by atoms with E-state index in [-0.39, 0.29) is 36.3 Å². The number of phenolic OH excluding ortho intramolecular Hbond substituents is 1. The topological polar surface area (TPSA) is 200 Å². The molecule has 4 atom stereocenters. The molecule has 0 spiro atoms. The van der Waals surface area contributed by atoms with Gasteiger partial charge in [0.1, 0.15) is 34.4 Å². The van der Waals surface area contributed by atoms with Crippen LogP contribution < -0.4 is 10.2 Å². The van der Waals surface area contributed by atoms with Gasteiger partial charge in [-0.2, -0.15) is 0 Å². The van der Waals surface area contributed by atoms with Crippen LogP contribution in [0.5, 0.6) is 5.75 Å². The molecule has 1 fully saturated rings. The number of aliphatic hydroxyl groups excluding tert-OH is 2. The molecule has 1 aromatic heterocycles. The Balaban J connectivity index is 1.62. The lowest BCUT2D eigenvalue weighted by molar-refractivity contribution is -0.153. The van der Waals surface area contributed by atoms with E-state index in [1.165, 1.54) is 4.90 Å². The predicted molar refractivity (Wildman–Crippen MR) is 158 cm³/mol. The normalized spacial score (nSPS) is 24.8. The van der Waals surface area contributed by atoms with Crippen LogP contribution in [-0.4, -0.2) is 82.6 Å². The first-order chi connectivity index (χ1) is 20.6. The number of ketones is 2. The van der Waals surface area contributed by atoms with Gasteiger partial charge in [-0.15, -0.1) is 5.11 Å². The van der Waals surface area contributed by atoms with E-state index < -0.39 is 58.0 Å². The fourth-order valence-corrected chi connectivity index (χ4v) is 6.96. The van der Waals surface area contributed by atoms with Crippen LogP contribution in [0.4, 0.5) is 5.69 Å². The molecule has 0 saturated heterocycles. The van der Waals surface area contributed by atoms with Gasteiger partial charge in [0.05, 0.1) is 18.2 Å². The van der Waals surface area contributed by atoms with Crippen LogP contribution >= 0.6 is 0 Å². The average molecular weight is 608 g/mol. The molecule has 44 heavy (non-hydrogen) atoms. The Labute approximate surface area is 254 Å². The Hall–Kier alpha value is -4.33. The van der Waals surface area contributed by atoms with E-state index in [0.717, 1.165) is 17.1 Å². The number of benzene rings is 1. The maximum Gasteiger partial charge on any atom is 0.302 e. The predicted octanol–water partition coefficient (Wildman–Crippen LogP) is 2.60. The molecule has 0 aliphatic heterocycles. The SMILES string of the molecule is Cc1cc(CNCc2cc(N(C)C)c3c(c2O)C(O)=C2C(=O)[C@]4(O)C(O)=C(C(=O)N=N)C(=O)[C@@H](N(C)C)[C@@H]4C[C@@H]2C3)oc1C. The summed E-state index contributed by atoms with van der Waals surface area (Å²) in [4.78, 5) is 43.2. The number of amides is 1. The molecule has 1 amide bonds. The van der Waals surface area contributed by atoms with Crippen molar-refractivity contribution in [2.24, 2.45) is 17.0 Å². The van der Waals surface area contributed by atoms with E-state index in [1.807, 2.05) is 45.0 Å². The van der Waals surface area contributed by atoms with Crippen molar-refractivity contribution in [3.05, 3.63) is 62.8 Å². The molecule has 0 radical (unpaired) electrons. The fraction of sp³-hybridized carbons (Fsp3) is 0.452. The maximum atomic E-state index is 14.2. The number of furan rings is 1. The number of phenols is 1. The average Bonchev–Trinajstić information content (AvgIpc) is 3.27. The number of hydrogen-bond acceptors (Lipinski definition) is 12. The zero-order chi connectivity index (χ0) is 32.4. The molecule has 6 N–H and O–H groups in total. The third-order valence-electron chi connectivity index (χ3n) is 9.16. The van der Waals surface area contributed by atoms with Crippen molar-refractivity contribution in [2.45, 2.75) is 51.4 Å². The van der Waals surface area contributed by atoms with Crippen LogP contribution in [0, 0.1) is 31.2 Å². The van der Waals surface area contributed by atoms with Crippen LogP contribution in [0.25, 0.3) is 5.76 Å². The number of nitrogens with one attached hydrogen (secondary N) is 2. The molecule has 1 heterocycles. The van der Waals surface area contributed by atoms with Crippen molar-refractivity contribution in [3.8, 4) is 5.75 Å². The highest BCUT2D eigenvalue weighted by molar-refractivity contribution is 6.25. The summed E-state index contributed by atoms with van der Waals surface area (Å²) in [5.74, 6) is -5.60. The molecule has 3 aliphatic rings. The lowest BCUT2D eigenvalue weighted by atomic mass is 9.57. The highest BCUT2D eigenvalue weighted by Gasteiger charge is 2.64. The van der Waals surface area contributed by atoms with Crippen LogP contribution in [0.2, 0.25) is 0 Å². The van der Waals surface area contributed by atoms with Crippen LogP contribution in [0.3, 0.4) is 0 Å². The number of aryl methyl sites for hydroxylation is 2. The molecule has 5 rings (SSSR count). The van der Waals surface area contributed by atoms with Gasteiger partial charge in [-0.25, -0.2) is 5.53 Å². The summed E-state index contributed by atoms with van der Waals surface area (Å²) < 4.78 is 5.72. The third kappa shape index (κ3) is 4.54. The second kappa shape index (κ2) is 11.0. The van der Waals surface area contributed by atoms with Crippen molar-refractivity contribution in [3.63, 3.8) is 0 Å². The van der Waals surface area contributed by atoms with Crippen molar-refractivity contribution >= 4 is 28.9 Å². The number of carbonyl (C=O) groups excluding carboxylic acids is 3. The van der Waals surface area contributed by atoms with Crippen molar-refractivity contribution < 1.29 is 39.2 Å².